The average Bonchev–Trinajstić information content (AvgIpc) is 2.60. The number of carbonyl (C=O) groups is 2. The first kappa shape index (κ1) is 18.0. The number of ketones is 1. The molecule has 0 heterocycles. The van der Waals surface area contributed by atoms with Crippen molar-refractivity contribution in [2.75, 3.05) is 13.7 Å². The molecule has 0 atom stereocenters. The van der Waals surface area contributed by atoms with Crippen molar-refractivity contribution in [2.45, 2.75) is 19.3 Å². The summed E-state index contributed by atoms with van der Waals surface area (Å²) in [4.78, 5) is 23.9. The molecule has 0 aromatic heterocycles. The SMILES string of the molecule is COc1ccc(C(=O)CCC(=O)NCCc2cccc(Cl)c2)cc1. The lowest BCUT2D eigenvalue weighted by Crippen LogP contribution is -2.26. The van der Waals surface area contributed by atoms with Gasteiger partial charge in [-0.2, -0.15) is 0 Å². The molecule has 0 aliphatic rings. The van der Waals surface area contributed by atoms with Crippen molar-refractivity contribution in [1.82, 2.24) is 5.32 Å². The number of hydrogen-bond donors (Lipinski definition) is 1. The van der Waals surface area contributed by atoms with E-state index in [1.807, 2.05) is 24.3 Å². The number of benzene rings is 2. The van der Waals surface area contributed by atoms with E-state index in [2.05, 4.69) is 5.32 Å². The maximum atomic E-state index is 12.0. The van der Waals surface area contributed by atoms with E-state index in [1.54, 1.807) is 31.4 Å². The Morgan fingerprint density at radius 1 is 1.08 bits per heavy atom. The van der Waals surface area contributed by atoms with E-state index >= 15 is 0 Å². The minimum atomic E-state index is -0.126. The number of rotatable bonds is 8. The molecule has 2 aromatic carbocycles. The summed E-state index contributed by atoms with van der Waals surface area (Å²) >= 11 is 5.92. The number of methoxy groups -OCH3 is 1. The van der Waals surface area contributed by atoms with Gasteiger partial charge < -0.3 is 10.1 Å². The standard InChI is InChI=1S/C19H20ClNO3/c1-24-17-7-5-15(6-8-17)18(22)9-10-19(23)21-12-11-14-3-2-4-16(20)13-14/h2-8,13H,9-12H2,1H3,(H,21,23). The molecule has 0 saturated heterocycles. The molecule has 0 aliphatic carbocycles. The third kappa shape index (κ3) is 5.70. The molecule has 0 aliphatic heterocycles. The van der Waals surface area contributed by atoms with Crippen LogP contribution in [-0.2, 0) is 11.2 Å². The zero-order chi connectivity index (χ0) is 17.4. The van der Waals surface area contributed by atoms with Crippen LogP contribution in [0.1, 0.15) is 28.8 Å². The van der Waals surface area contributed by atoms with Crippen molar-refractivity contribution in [3.8, 4) is 5.75 Å². The Hall–Kier alpha value is -2.33. The molecule has 0 fully saturated rings. The number of nitrogens with one attached hydrogen (secondary N) is 1. The van der Waals surface area contributed by atoms with Gasteiger partial charge in [-0.15, -0.1) is 0 Å². The first-order chi connectivity index (χ1) is 11.6. The van der Waals surface area contributed by atoms with Crippen molar-refractivity contribution in [1.29, 1.82) is 0 Å². The Balaban J connectivity index is 1.71. The summed E-state index contributed by atoms with van der Waals surface area (Å²) in [6, 6.07) is 14.4. The second kappa shape index (κ2) is 9.08. The van der Waals surface area contributed by atoms with Gasteiger partial charge in [0.15, 0.2) is 5.78 Å². The maximum Gasteiger partial charge on any atom is 0.220 e. The molecule has 1 amide bonds. The molecular formula is C19H20ClNO3. The van der Waals surface area contributed by atoms with E-state index < -0.39 is 0 Å². The van der Waals surface area contributed by atoms with E-state index in [0.717, 1.165) is 5.56 Å². The highest BCUT2D eigenvalue weighted by molar-refractivity contribution is 6.30. The molecule has 0 bridgehead atoms. The number of amides is 1. The van der Waals surface area contributed by atoms with Crippen molar-refractivity contribution in [2.24, 2.45) is 0 Å². The van der Waals surface area contributed by atoms with Crippen LogP contribution in [0.4, 0.5) is 0 Å². The van der Waals surface area contributed by atoms with Crippen LogP contribution in [0.15, 0.2) is 48.5 Å². The molecule has 5 heteroatoms. The van der Waals surface area contributed by atoms with Crippen LogP contribution < -0.4 is 10.1 Å². The number of ether oxygens (including phenoxy) is 1. The van der Waals surface area contributed by atoms with Crippen molar-refractivity contribution >= 4 is 23.3 Å². The summed E-state index contributed by atoms with van der Waals surface area (Å²) < 4.78 is 5.05. The first-order valence-electron chi connectivity index (χ1n) is 7.77. The Kier molecular flexibility index (Phi) is 6.82. The molecule has 0 unspecified atom stereocenters. The van der Waals surface area contributed by atoms with Crippen LogP contribution in [0.5, 0.6) is 5.75 Å². The molecule has 1 N–H and O–H groups in total. The van der Waals surface area contributed by atoms with Gasteiger partial charge >= 0.3 is 0 Å². The van der Waals surface area contributed by atoms with Crippen LogP contribution in [0.2, 0.25) is 5.02 Å². The van der Waals surface area contributed by atoms with Crippen molar-refractivity contribution in [3.05, 3.63) is 64.7 Å². The van der Waals surface area contributed by atoms with Crippen LogP contribution in [0, 0.1) is 0 Å². The highest BCUT2D eigenvalue weighted by Gasteiger charge is 2.09. The predicted molar refractivity (Wildman–Crippen MR) is 94.7 cm³/mol. The maximum absolute atomic E-state index is 12.0. The smallest absolute Gasteiger partial charge is 0.220 e. The fourth-order valence-corrected chi connectivity index (χ4v) is 2.49. The van der Waals surface area contributed by atoms with Gasteiger partial charge in [0.05, 0.1) is 7.11 Å². The third-order valence-electron chi connectivity index (χ3n) is 3.62. The topological polar surface area (TPSA) is 55.4 Å². The number of halogens is 1. The lowest BCUT2D eigenvalue weighted by atomic mass is 10.1. The molecule has 4 nitrogen and oxygen atoms in total. The summed E-state index contributed by atoms with van der Waals surface area (Å²) in [5, 5.41) is 3.51. The van der Waals surface area contributed by atoms with E-state index in [0.29, 0.717) is 29.3 Å². The van der Waals surface area contributed by atoms with Crippen LogP contribution in [-0.4, -0.2) is 25.3 Å². The second-order valence-electron chi connectivity index (χ2n) is 5.38. The molecule has 0 saturated carbocycles. The number of hydrogen-bond acceptors (Lipinski definition) is 3. The normalized spacial score (nSPS) is 10.2. The van der Waals surface area contributed by atoms with Gasteiger partial charge in [0.1, 0.15) is 5.75 Å². The highest BCUT2D eigenvalue weighted by Crippen LogP contribution is 2.13. The Bertz CT molecular complexity index is 698. The van der Waals surface area contributed by atoms with Gasteiger partial charge in [-0.1, -0.05) is 23.7 Å². The monoisotopic (exact) mass is 345 g/mol. The predicted octanol–water partition coefficient (Wildman–Crippen LogP) is 3.67. The molecule has 24 heavy (non-hydrogen) atoms. The third-order valence-corrected chi connectivity index (χ3v) is 3.85. The van der Waals surface area contributed by atoms with Crippen molar-refractivity contribution < 1.29 is 14.3 Å². The summed E-state index contributed by atoms with van der Waals surface area (Å²) in [6.07, 6.45) is 1.08. The summed E-state index contributed by atoms with van der Waals surface area (Å²) in [5.41, 5.74) is 1.65. The van der Waals surface area contributed by atoms with E-state index in [1.165, 1.54) is 0 Å². The molecule has 126 valence electrons. The Labute approximate surface area is 146 Å². The quantitative estimate of drug-likeness (QED) is 0.743. The van der Waals surface area contributed by atoms with E-state index in [4.69, 9.17) is 16.3 Å². The lowest BCUT2D eigenvalue weighted by Gasteiger charge is -2.06. The minimum Gasteiger partial charge on any atom is -0.497 e. The molecule has 0 radical (unpaired) electrons. The highest BCUT2D eigenvalue weighted by atomic mass is 35.5. The lowest BCUT2D eigenvalue weighted by molar-refractivity contribution is -0.121. The minimum absolute atomic E-state index is 0.0531. The summed E-state index contributed by atoms with van der Waals surface area (Å²) in [5.74, 6) is 0.520. The van der Waals surface area contributed by atoms with Crippen LogP contribution >= 0.6 is 11.6 Å². The van der Waals surface area contributed by atoms with Gasteiger partial charge in [-0.3, -0.25) is 9.59 Å². The number of carbonyl (C=O) groups excluding carboxylic acids is 2. The molecule has 2 aromatic rings. The molecular weight excluding hydrogens is 326 g/mol. The van der Waals surface area contributed by atoms with Crippen molar-refractivity contribution in [3.63, 3.8) is 0 Å². The zero-order valence-corrected chi connectivity index (χ0v) is 14.3. The summed E-state index contributed by atoms with van der Waals surface area (Å²) in [7, 11) is 1.57. The Morgan fingerprint density at radius 2 is 1.83 bits per heavy atom. The first-order valence-corrected chi connectivity index (χ1v) is 8.14. The van der Waals surface area contributed by atoms with Gasteiger partial charge in [-0.25, -0.2) is 0 Å². The van der Waals surface area contributed by atoms with E-state index in [9.17, 15) is 9.59 Å². The molecule has 0 spiro atoms. The van der Waals surface area contributed by atoms with Crippen LogP contribution in [0.3, 0.4) is 0 Å². The zero-order valence-electron chi connectivity index (χ0n) is 13.5. The summed E-state index contributed by atoms with van der Waals surface area (Å²) in [6.45, 7) is 0.524. The van der Waals surface area contributed by atoms with Gasteiger partial charge in [0, 0.05) is 30.0 Å². The van der Waals surface area contributed by atoms with Crippen LogP contribution in [0.25, 0.3) is 0 Å². The van der Waals surface area contributed by atoms with Gasteiger partial charge in [0.2, 0.25) is 5.91 Å². The molecule has 2 rings (SSSR count). The fourth-order valence-electron chi connectivity index (χ4n) is 2.28. The fraction of sp³-hybridized carbons (Fsp3) is 0.263. The average molecular weight is 346 g/mol. The van der Waals surface area contributed by atoms with Gasteiger partial charge in [-0.05, 0) is 48.4 Å². The largest absolute Gasteiger partial charge is 0.497 e. The second-order valence-corrected chi connectivity index (χ2v) is 5.82. The van der Waals surface area contributed by atoms with E-state index in [-0.39, 0.29) is 24.5 Å². The number of Topliss-reactive ketones (excluding diaryl/α,β-unsaturated/α-hetero) is 1. The van der Waals surface area contributed by atoms with Gasteiger partial charge in [0.25, 0.3) is 0 Å². The Morgan fingerprint density at radius 3 is 2.50 bits per heavy atom.